The predicted molar refractivity (Wildman–Crippen MR) is 61.2 cm³/mol. The Bertz CT molecular complexity index is 129. The van der Waals surface area contributed by atoms with E-state index in [1.54, 1.807) is 0 Å². The Morgan fingerprint density at radius 3 is 1.92 bits per heavy atom. The first kappa shape index (κ1) is 12.9. The van der Waals surface area contributed by atoms with Gasteiger partial charge in [-0.15, -0.1) is 0 Å². The van der Waals surface area contributed by atoms with Gasteiger partial charge in [-0.05, 0) is 11.8 Å². The second kappa shape index (κ2) is 4.97. The minimum absolute atomic E-state index is 0.0199. The topological polar surface area (TPSA) is 20.2 Å². The summed E-state index contributed by atoms with van der Waals surface area (Å²) in [5.41, 5.74) is -0.0199. The lowest BCUT2D eigenvalue weighted by Crippen LogP contribution is -2.30. The van der Waals surface area contributed by atoms with Crippen LogP contribution in [0.1, 0.15) is 34.1 Å². The molecule has 3 heteroatoms. The van der Waals surface area contributed by atoms with Crippen LogP contribution in [0, 0.1) is 5.41 Å². The normalized spacial score (nSPS) is 20.2. The maximum Gasteiger partial charge on any atom is 0.0599 e. The molecule has 3 atom stereocenters. The maximum absolute atomic E-state index is 9.75. The minimum Gasteiger partial charge on any atom is -0.393 e. The van der Waals surface area contributed by atoms with Crippen molar-refractivity contribution < 1.29 is 5.11 Å². The molecular weight excluding hydrogens is 284 g/mol. The van der Waals surface area contributed by atoms with Crippen LogP contribution in [0.15, 0.2) is 0 Å². The fourth-order valence-corrected chi connectivity index (χ4v) is 1.32. The molecule has 1 N–H and O–H groups in total. The summed E-state index contributed by atoms with van der Waals surface area (Å²) in [5.74, 6) is 0. The van der Waals surface area contributed by atoms with Crippen molar-refractivity contribution in [2.45, 2.75) is 49.9 Å². The lowest BCUT2D eigenvalue weighted by Gasteiger charge is -2.28. The molecule has 0 heterocycles. The molecular formula is C9H18Br2O. The monoisotopic (exact) mass is 300 g/mol. The lowest BCUT2D eigenvalue weighted by atomic mass is 9.86. The SMILES string of the molecule is CC(Br)C(Br)CC(O)C(C)(C)C. The average Bonchev–Trinajstić information content (AvgIpc) is 1.85. The molecule has 74 valence electrons. The molecule has 12 heavy (non-hydrogen) atoms. The van der Waals surface area contributed by atoms with Gasteiger partial charge in [-0.2, -0.15) is 0 Å². The highest BCUT2D eigenvalue weighted by atomic mass is 79.9. The quantitative estimate of drug-likeness (QED) is 0.793. The molecule has 0 aliphatic rings. The smallest absolute Gasteiger partial charge is 0.0599 e. The van der Waals surface area contributed by atoms with Crippen LogP contribution < -0.4 is 0 Å². The zero-order valence-corrected chi connectivity index (χ0v) is 11.3. The average molecular weight is 302 g/mol. The van der Waals surface area contributed by atoms with Crippen LogP contribution in [0.4, 0.5) is 0 Å². The molecule has 0 aromatic rings. The van der Waals surface area contributed by atoms with Crippen molar-refractivity contribution in [1.29, 1.82) is 0 Å². The van der Waals surface area contributed by atoms with E-state index in [0.717, 1.165) is 6.42 Å². The third-order valence-corrected chi connectivity index (χ3v) is 4.46. The number of hydrogen-bond donors (Lipinski definition) is 1. The Kier molecular flexibility index (Phi) is 5.35. The number of alkyl halides is 2. The Morgan fingerprint density at radius 1 is 1.25 bits per heavy atom. The molecule has 1 nitrogen and oxygen atoms in total. The van der Waals surface area contributed by atoms with Crippen molar-refractivity contribution in [3.63, 3.8) is 0 Å². The molecule has 0 saturated heterocycles. The van der Waals surface area contributed by atoms with Gasteiger partial charge in [0.25, 0.3) is 0 Å². The van der Waals surface area contributed by atoms with E-state index in [2.05, 4.69) is 59.6 Å². The van der Waals surface area contributed by atoms with Crippen LogP contribution >= 0.6 is 31.9 Å². The molecule has 0 fully saturated rings. The number of hydrogen-bond acceptors (Lipinski definition) is 1. The first-order valence-corrected chi connectivity index (χ1v) is 6.04. The molecule has 0 bridgehead atoms. The number of rotatable bonds is 3. The number of aliphatic hydroxyl groups is 1. The fraction of sp³-hybridized carbons (Fsp3) is 1.00. The summed E-state index contributed by atoms with van der Waals surface area (Å²) in [6.07, 6.45) is 0.539. The van der Waals surface area contributed by atoms with Crippen LogP contribution in [-0.4, -0.2) is 20.9 Å². The molecule has 0 aromatic heterocycles. The predicted octanol–water partition coefficient (Wildman–Crippen LogP) is 3.33. The Hall–Kier alpha value is 0.920. The van der Waals surface area contributed by atoms with E-state index in [1.807, 2.05) is 0 Å². The van der Waals surface area contributed by atoms with Crippen LogP contribution in [-0.2, 0) is 0 Å². The van der Waals surface area contributed by atoms with Gasteiger partial charge >= 0.3 is 0 Å². The van der Waals surface area contributed by atoms with Crippen LogP contribution in [0.5, 0.6) is 0 Å². The van der Waals surface area contributed by atoms with E-state index in [4.69, 9.17) is 0 Å². The lowest BCUT2D eigenvalue weighted by molar-refractivity contribution is 0.0560. The summed E-state index contributed by atoms with van der Waals surface area (Å²) >= 11 is 7.01. The van der Waals surface area contributed by atoms with Gasteiger partial charge in [0.15, 0.2) is 0 Å². The van der Waals surface area contributed by atoms with Gasteiger partial charge in [-0.25, -0.2) is 0 Å². The first-order chi connectivity index (χ1) is 5.25. The van der Waals surface area contributed by atoms with E-state index in [9.17, 15) is 5.11 Å². The Balaban J connectivity index is 3.93. The number of halogens is 2. The van der Waals surface area contributed by atoms with Crippen molar-refractivity contribution in [2.24, 2.45) is 5.41 Å². The third kappa shape index (κ3) is 4.83. The highest BCUT2D eigenvalue weighted by Crippen LogP contribution is 2.27. The van der Waals surface area contributed by atoms with Crippen molar-refractivity contribution >= 4 is 31.9 Å². The van der Waals surface area contributed by atoms with Crippen molar-refractivity contribution in [3.8, 4) is 0 Å². The maximum atomic E-state index is 9.75. The molecule has 0 aliphatic carbocycles. The molecule has 0 saturated carbocycles. The molecule has 0 radical (unpaired) electrons. The van der Waals surface area contributed by atoms with E-state index in [0.29, 0.717) is 9.65 Å². The zero-order chi connectivity index (χ0) is 9.94. The van der Waals surface area contributed by atoms with E-state index >= 15 is 0 Å². The van der Waals surface area contributed by atoms with Gasteiger partial charge in [0.2, 0.25) is 0 Å². The number of aliphatic hydroxyl groups excluding tert-OH is 1. The zero-order valence-electron chi connectivity index (χ0n) is 8.14. The molecule has 0 amide bonds. The van der Waals surface area contributed by atoms with Crippen LogP contribution in [0.2, 0.25) is 0 Å². The summed E-state index contributed by atoms with van der Waals surface area (Å²) in [4.78, 5) is 0.737. The molecule has 0 spiro atoms. The van der Waals surface area contributed by atoms with Crippen LogP contribution in [0.3, 0.4) is 0 Å². The summed E-state index contributed by atoms with van der Waals surface area (Å²) in [6.45, 7) is 8.23. The Labute approximate surface area is 92.2 Å². The summed E-state index contributed by atoms with van der Waals surface area (Å²) < 4.78 is 0. The van der Waals surface area contributed by atoms with Gasteiger partial charge < -0.3 is 5.11 Å². The van der Waals surface area contributed by atoms with Crippen molar-refractivity contribution in [1.82, 2.24) is 0 Å². The first-order valence-electron chi connectivity index (χ1n) is 4.21. The molecule has 3 unspecified atom stereocenters. The molecule has 0 aromatic carbocycles. The van der Waals surface area contributed by atoms with Gasteiger partial charge in [0, 0.05) is 9.65 Å². The standard InChI is InChI=1S/C9H18Br2O/c1-6(10)7(11)5-8(12)9(2,3)4/h6-8,12H,5H2,1-4H3. The van der Waals surface area contributed by atoms with Gasteiger partial charge in [0.1, 0.15) is 0 Å². The minimum atomic E-state index is -0.248. The Morgan fingerprint density at radius 2 is 1.67 bits per heavy atom. The summed E-state index contributed by atoms with van der Waals surface area (Å²) in [7, 11) is 0. The third-order valence-electron chi connectivity index (χ3n) is 1.95. The van der Waals surface area contributed by atoms with Gasteiger partial charge in [0.05, 0.1) is 6.10 Å². The van der Waals surface area contributed by atoms with Crippen molar-refractivity contribution in [3.05, 3.63) is 0 Å². The van der Waals surface area contributed by atoms with Crippen LogP contribution in [0.25, 0.3) is 0 Å². The van der Waals surface area contributed by atoms with Gasteiger partial charge in [-0.1, -0.05) is 59.6 Å². The van der Waals surface area contributed by atoms with E-state index in [-0.39, 0.29) is 11.5 Å². The highest BCUT2D eigenvalue weighted by molar-refractivity contribution is 9.12. The fourth-order valence-electron chi connectivity index (χ4n) is 0.754. The summed E-state index contributed by atoms with van der Waals surface area (Å²) in [5, 5.41) is 9.75. The second-order valence-electron chi connectivity index (χ2n) is 4.31. The largest absolute Gasteiger partial charge is 0.393 e. The van der Waals surface area contributed by atoms with Gasteiger partial charge in [-0.3, -0.25) is 0 Å². The van der Waals surface area contributed by atoms with E-state index in [1.165, 1.54) is 0 Å². The molecule has 0 aliphatic heterocycles. The second-order valence-corrected chi connectivity index (χ2v) is 6.93. The van der Waals surface area contributed by atoms with Crippen molar-refractivity contribution in [2.75, 3.05) is 0 Å². The summed E-state index contributed by atoms with van der Waals surface area (Å²) in [6, 6.07) is 0. The van der Waals surface area contributed by atoms with E-state index < -0.39 is 0 Å². The molecule has 0 rings (SSSR count). The highest BCUT2D eigenvalue weighted by Gasteiger charge is 2.25.